The van der Waals surface area contributed by atoms with Crippen molar-refractivity contribution in [1.82, 2.24) is 5.32 Å². The number of nitro benzene ring substituents is 1. The number of nitriles is 1. The van der Waals surface area contributed by atoms with Crippen LogP contribution in [0, 0.1) is 21.4 Å². The first-order valence-corrected chi connectivity index (χ1v) is 5.55. The maximum absolute atomic E-state index is 11.7. The van der Waals surface area contributed by atoms with Crippen LogP contribution in [0.3, 0.4) is 0 Å². The van der Waals surface area contributed by atoms with Crippen molar-refractivity contribution in [2.75, 3.05) is 11.9 Å². The van der Waals surface area contributed by atoms with Gasteiger partial charge in [0.25, 0.3) is 11.6 Å². The SMILES string of the molecule is N#C/C(=C/NCC(=O)O)C(=O)Nc1ccc([N+](=O)[O-])cc1. The number of anilines is 1. The molecule has 21 heavy (non-hydrogen) atoms. The van der Waals surface area contributed by atoms with Crippen LogP contribution in [0.15, 0.2) is 36.0 Å². The van der Waals surface area contributed by atoms with Gasteiger partial charge in [0.05, 0.1) is 4.92 Å². The molecule has 1 aromatic carbocycles. The maximum Gasteiger partial charge on any atom is 0.322 e. The lowest BCUT2D eigenvalue weighted by Crippen LogP contribution is -2.20. The van der Waals surface area contributed by atoms with Crippen LogP contribution < -0.4 is 10.6 Å². The Morgan fingerprint density at radius 1 is 1.38 bits per heavy atom. The number of hydrogen-bond donors (Lipinski definition) is 3. The van der Waals surface area contributed by atoms with E-state index in [1.807, 2.05) is 0 Å². The van der Waals surface area contributed by atoms with Gasteiger partial charge in [-0.15, -0.1) is 0 Å². The first-order chi connectivity index (χ1) is 9.93. The first-order valence-electron chi connectivity index (χ1n) is 5.55. The number of nitrogens with one attached hydrogen (secondary N) is 2. The van der Waals surface area contributed by atoms with Crippen molar-refractivity contribution in [2.24, 2.45) is 0 Å². The molecule has 0 saturated carbocycles. The molecule has 1 aromatic rings. The average molecular weight is 290 g/mol. The van der Waals surface area contributed by atoms with E-state index in [2.05, 4.69) is 10.6 Å². The zero-order valence-electron chi connectivity index (χ0n) is 10.6. The second-order valence-corrected chi connectivity index (χ2v) is 3.70. The molecule has 0 saturated heterocycles. The molecule has 0 bridgehead atoms. The number of nitrogens with zero attached hydrogens (tertiary/aromatic N) is 2. The average Bonchev–Trinajstić information content (AvgIpc) is 2.43. The molecule has 108 valence electrons. The van der Waals surface area contributed by atoms with Crippen LogP contribution in [0.25, 0.3) is 0 Å². The van der Waals surface area contributed by atoms with Crippen LogP contribution in [0.1, 0.15) is 0 Å². The number of benzene rings is 1. The third kappa shape index (κ3) is 4.99. The van der Waals surface area contributed by atoms with Gasteiger partial charge in [0.15, 0.2) is 0 Å². The zero-order chi connectivity index (χ0) is 15.8. The molecule has 0 radical (unpaired) electrons. The van der Waals surface area contributed by atoms with E-state index in [4.69, 9.17) is 10.4 Å². The molecule has 1 rings (SSSR count). The van der Waals surface area contributed by atoms with Crippen LogP contribution in [0.4, 0.5) is 11.4 Å². The van der Waals surface area contributed by atoms with Crippen LogP contribution in [-0.4, -0.2) is 28.5 Å². The summed E-state index contributed by atoms with van der Waals surface area (Å²) < 4.78 is 0. The molecule has 0 spiro atoms. The van der Waals surface area contributed by atoms with Gasteiger partial charge in [0.1, 0.15) is 18.2 Å². The van der Waals surface area contributed by atoms with Gasteiger partial charge in [-0.1, -0.05) is 0 Å². The van der Waals surface area contributed by atoms with E-state index in [1.165, 1.54) is 24.3 Å². The van der Waals surface area contributed by atoms with Crippen LogP contribution in [0.2, 0.25) is 0 Å². The Kier molecular flexibility index (Phi) is 5.40. The van der Waals surface area contributed by atoms with Crippen LogP contribution in [0.5, 0.6) is 0 Å². The summed E-state index contributed by atoms with van der Waals surface area (Å²) in [6.07, 6.45) is 0.981. The predicted octanol–water partition coefficient (Wildman–Crippen LogP) is 0.615. The molecule has 9 heteroatoms. The van der Waals surface area contributed by atoms with Gasteiger partial charge in [-0.05, 0) is 12.1 Å². The molecule has 0 aromatic heterocycles. The monoisotopic (exact) mass is 290 g/mol. The molecule has 9 nitrogen and oxygen atoms in total. The standard InChI is InChI=1S/C12H10N4O5/c13-5-8(6-14-7-11(17)18)12(19)15-9-1-3-10(4-2-9)16(20)21/h1-4,6,14H,7H2,(H,15,19)(H,17,18)/b8-6-. The number of carbonyl (C=O) groups excluding carboxylic acids is 1. The van der Waals surface area contributed by atoms with E-state index in [1.54, 1.807) is 6.07 Å². The molecule has 0 heterocycles. The minimum Gasteiger partial charge on any atom is -0.480 e. The summed E-state index contributed by atoms with van der Waals surface area (Å²) in [5.74, 6) is -1.90. The van der Waals surface area contributed by atoms with Crippen molar-refractivity contribution in [2.45, 2.75) is 0 Å². The van der Waals surface area contributed by atoms with Crippen molar-refractivity contribution in [1.29, 1.82) is 5.26 Å². The summed E-state index contributed by atoms with van der Waals surface area (Å²) in [5.41, 5.74) is -0.188. The fourth-order valence-corrected chi connectivity index (χ4v) is 1.25. The quantitative estimate of drug-likeness (QED) is 0.301. The molecule has 0 unspecified atom stereocenters. The van der Waals surface area contributed by atoms with E-state index < -0.39 is 23.3 Å². The zero-order valence-corrected chi connectivity index (χ0v) is 10.6. The molecule has 0 atom stereocenters. The number of aliphatic carboxylic acids is 1. The van der Waals surface area contributed by atoms with Crippen LogP contribution >= 0.6 is 0 Å². The number of nitro groups is 1. The third-order valence-electron chi connectivity index (χ3n) is 2.20. The van der Waals surface area contributed by atoms with Gasteiger partial charge in [-0.25, -0.2) is 0 Å². The topological polar surface area (TPSA) is 145 Å². The molecule has 0 aliphatic carbocycles. The van der Waals surface area contributed by atoms with Crippen molar-refractivity contribution in [3.8, 4) is 6.07 Å². The summed E-state index contributed by atoms with van der Waals surface area (Å²) in [6, 6.07) is 6.65. The predicted molar refractivity (Wildman–Crippen MR) is 71.1 cm³/mol. The lowest BCUT2D eigenvalue weighted by atomic mass is 10.2. The number of rotatable bonds is 6. The molecule has 3 N–H and O–H groups in total. The van der Waals surface area contributed by atoms with Gasteiger partial charge in [0, 0.05) is 24.0 Å². The number of carboxylic acid groups (broad SMARTS) is 1. The normalized spacial score (nSPS) is 10.3. The number of amides is 1. The third-order valence-corrected chi connectivity index (χ3v) is 2.20. The number of non-ortho nitro benzene ring substituents is 1. The van der Waals surface area contributed by atoms with Crippen molar-refractivity contribution >= 4 is 23.3 Å². The first kappa shape index (κ1) is 15.6. The van der Waals surface area contributed by atoms with E-state index in [9.17, 15) is 19.7 Å². The summed E-state index contributed by atoms with van der Waals surface area (Å²) in [6.45, 7) is -0.435. The lowest BCUT2D eigenvalue weighted by Gasteiger charge is -2.04. The maximum atomic E-state index is 11.7. The summed E-state index contributed by atoms with van der Waals surface area (Å²) in [7, 11) is 0. The molecule has 0 fully saturated rings. The Hall–Kier alpha value is -3.41. The largest absolute Gasteiger partial charge is 0.480 e. The van der Waals surface area contributed by atoms with Crippen molar-refractivity contribution in [3.05, 3.63) is 46.2 Å². The van der Waals surface area contributed by atoms with E-state index in [0.29, 0.717) is 0 Å². The van der Waals surface area contributed by atoms with Gasteiger partial charge in [0.2, 0.25) is 0 Å². The molecular weight excluding hydrogens is 280 g/mol. The highest BCUT2D eigenvalue weighted by Crippen LogP contribution is 2.15. The highest BCUT2D eigenvalue weighted by molar-refractivity contribution is 6.06. The molecule has 1 amide bonds. The van der Waals surface area contributed by atoms with E-state index in [0.717, 1.165) is 6.20 Å². The summed E-state index contributed by atoms with van der Waals surface area (Å²) in [4.78, 5) is 31.9. The Morgan fingerprint density at radius 2 is 2.00 bits per heavy atom. The fourth-order valence-electron chi connectivity index (χ4n) is 1.25. The second kappa shape index (κ2) is 7.25. The van der Waals surface area contributed by atoms with Gasteiger partial charge >= 0.3 is 5.97 Å². The highest BCUT2D eigenvalue weighted by Gasteiger charge is 2.10. The Bertz CT molecular complexity index is 630. The minimum absolute atomic E-state index is 0.132. The minimum atomic E-state index is -1.14. The number of hydrogen-bond acceptors (Lipinski definition) is 6. The van der Waals surface area contributed by atoms with E-state index in [-0.39, 0.29) is 16.9 Å². The van der Waals surface area contributed by atoms with Gasteiger partial charge < -0.3 is 15.7 Å². The lowest BCUT2D eigenvalue weighted by molar-refractivity contribution is -0.384. The van der Waals surface area contributed by atoms with Gasteiger partial charge in [-0.3, -0.25) is 19.7 Å². The Balaban J connectivity index is 2.72. The Labute approximate surface area is 118 Å². The molecule has 0 aliphatic rings. The number of carbonyl (C=O) groups is 2. The fraction of sp³-hybridized carbons (Fsp3) is 0.0833. The molecular formula is C12H10N4O5. The highest BCUT2D eigenvalue weighted by atomic mass is 16.6. The van der Waals surface area contributed by atoms with Gasteiger partial charge in [-0.2, -0.15) is 5.26 Å². The van der Waals surface area contributed by atoms with E-state index >= 15 is 0 Å². The van der Waals surface area contributed by atoms with Crippen LogP contribution in [-0.2, 0) is 9.59 Å². The second-order valence-electron chi connectivity index (χ2n) is 3.70. The summed E-state index contributed by atoms with van der Waals surface area (Å²) >= 11 is 0. The smallest absolute Gasteiger partial charge is 0.322 e. The summed E-state index contributed by atoms with van der Waals surface area (Å²) in [5, 5.41) is 32.3. The van der Waals surface area contributed by atoms with Crippen molar-refractivity contribution in [3.63, 3.8) is 0 Å². The van der Waals surface area contributed by atoms with Crippen molar-refractivity contribution < 1.29 is 19.6 Å². The molecule has 0 aliphatic heterocycles. The number of carboxylic acids is 1. The Morgan fingerprint density at radius 3 is 2.48 bits per heavy atom.